The maximum Gasteiger partial charge on any atom is 0.0639 e. The molecule has 1 aromatic rings. The normalized spacial score (nSPS) is 20.1. The van der Waals surface area contributed by atoms with Crippen LogP contribution in [0, 0.1) is 5.92 Å². The second kappa shape index (κ2) is 6.20. The van der Waals surface area contributed by atoms with Gasteiger partial charge in [0.05, 0.1) is 5.69 Å². The Bertz CT molecular complexity index is 324. The van der Waals surface area contributed by atoms with Crippen LogP contribution in [0.3, 0.4) is 0 Å². The first-order valence-corrected chi connectivity index (χ1v) is 6.98. The van der Waals surface area contributed by atoms with Crippen molar-refractivity contribution in [3.63, 3.8) is 0 Å². The van der Waals surface area contributed by atoms with Gasteiger partial charge in [-0.05, 0) is 18.4 Å². The Hall–Kier alpha value is -0.830. The maximum atomic E-state index is 6.25. The van der Waals surface area contributed by atoms with Gasteiger partial charge in [-0.3, -0.25) is 4.68 Å². The minimum atomic E-state index is 0.285. The van der Waals surface area contributed by atoms with Crippen LogP contribution in [0.2, 0.25) is 0 Å². The topological polar surface area (TPSA) is 43.8 Å². The summed E-state index contributed by atoms with van der Waals surface area (Å²) < 4.78 is 1.85. The van der Waals surface area contributed by atoms with Crippen molar-refractivity contribution in [1.29, 1.82) is 0 Å². The Morgan fingerprint density at radius 2 is 2.06 bits per heavy atom. The van der Waals surface area contributed by atoms with E-state index in [4.69, 9.17) is 5.73 Å². The van der Waals surface area contributed by atoms with Gasteiger partial charge in [0.25, 0.3) is 0 Å². The van der Waals surface area contributed by atoms with E-state index < -0.39 is 0 Å². The van der Waals surface area contributed by atoms with E-state index in [2.05, 4.69) is 11.2 Å². The van der Waals surface area contributed by atoms with Crippen molar-refractivity contribution < 1.29 is 0 Å². The van der Waals surface area contributed by atoms with E-state index in [1.165, 1.54) is 44.9 Å². The van der Waals surface area contributed by atoms with Crippen molar-refractivity contribution in [2.75, 3.05) is 0 Å². The molecule has 1 aliphatic carbocycles. The number of hydrogen-bond donors (Lipinski definition) is 1. The lowest BCUT2D eigenvalue weighted by Crippen LogP contribution is -2.26. The van der Waals surface area contributed by atoms with Gasteiger partial charge in [-0.25, -0.2) is 0 Å². The highest BCUT2D eigenvalue weighted by Crippen LogP contribution is 2.26. The zero-order chi connectivity index (χ0) is 12.1. The fourth-order valence-electron chi connectivity index (χ4n) is 2.95. The first-order valence-electron chi connectivity index (χ1n) is 6.98. The molecule has 1 saturated carbocycles. The quantitative estimate of drug-likeness (QED) is 0.815. The van der Waals surface area contributed by atoms with Gasteiger partial charge in [-0.1, -0.05) is 38.5 Å². The fourth-order valence-corrected chi connectivity index (χ4v) is 2.95. The predicted octanol–water partition coefficient (Wildman–Crippen LogP) is 2.65. The molecule has 1 unspecified atom stereocenters. The molecule has 0 saturated heterocycles. The molecule has 0 aromatic carbocycles. The van der Waals surface area contributed by atoms with Crippen molar-refractivity contribution in [1.82, 2.24) is 9.78 Å². The van der Waals surface area contributed by atoms with E-state index in [0.29, 0.717) is 0 Å². The highest BCUT2D eigenvalue weighted by molar-refractivity contribution is 5.01. The molecule has 1 aliphatic rings. The van der Waals surface area contributed by atoms with E-state index in [1.54, 1.807) is 0 Å². The lowest BCUT2D eigenvalue weighted by Gasteiger charge is -2.18. The summed E-state index contributed by atoms with van der Waals surface area (Å²) in [4.78, 5) is 0. The number of hydrogen-bond acceptors (Lipinski definition) is 2. The SMILES string of the molecule is Cn1ccc(CC(N)CC2CCCCCC2)n1. The van der Waals surface area contributed by atoms with Crippen molar-refractivity contribution in [3.8, 4) is 0 Å². The zero-order valence-corrected chi connectivity index (χ0v) is 10.9. The van der Waals surface area contributed by atoms with Gasteiger partial charge in [-0.15, -0.1) is 0 Å². The van der Waals surface area contributed by atoms with Crippen molar-refractivity contribution in [2.45, 2.75) is 57.4 Å². The molecule has 1 fully saturated rings. The van der Waals surface area contributed by atoms with E-state index in [0.717, 1.165) is 18.0 Å². The van der Waals surface area contributed by atoms with Crippen LogP contribution in [0.25, 0.3) is 0 Å². The molecule has 1 atom stereocenters. The van der Waals surface area contributed by atoms with Crippen molar-refractivity contribution in [3.05, 3.63) is 18.0 Å². The summed E-state index contributed by atoms with van der Waals surface area (Å²) in [5.74, 6) is 0.858. The number of rotatable bonds is 4. The summed E-state index contributed by atoms with van der Waals surface area (Å²) in [5.41, 5.74) is 7.38. The number of aryl methyl sites for hydroxylation is 1. The lowest BCUT2D eigenvalue weighted by molar-refractivity contribution is 0.385. The molecule has 2 rings (SSSR count). The molecule has 3 nitrogen and oxygen atoms in total. The molecule has 0 amide bonds. The Morgan fingerprint density at radius 1 is 1.35 bits per heavy atom. The van der Waals surface area contributed by atoms with Gasteiger partial charge in [0.2, 0.25) is 0 Å². The summed E-state index contributed by atoms with van der Waals surface area (Å²) in [6, 6.07) is 2.36. The smallest absolute Gasteiger partial charge is 0.0639 e. The Morgan fingerprint density at radius 3 is 2.65 bits per heavy atom. The molecule has 0 aliphatic heterocycles. The van der Waals surface area contributed by atoms with E-state index in [1.807, 2.05) is 17.9 Å². The minimum Gasteiger partial charge on any atom is -0.327 e. The monoisotopic (exact) mass is 235 g/mol. The molecule has 0 spiro atoms. The van der Waals surface area contributed by atoms with Gasteiger partial charge in [0, 0.05) is 25.7 Å². The molecular weight excluding hydrogens is 210 g/mol. The first kappa shape index (κ1) is 12.6. The standard InChI is InChI=1S/C14H25N3/c1-17-9-8-14(16-17)11-13(15)10-12-6-4-2-3-5-7-12/h8-9,12-13H,2-7,10-11,15H2,1H3. The summed E-state index contributed by atoms with van der Waals surface area (Å²) in [6.07, 6.45) is 12.5. The summed E-state index contributed by atoms with van der Waals surface area (Å²) in [5, 5.41) is 4.40. The average molecular weight is 235 g/mol. The summed E-state index contributed by atoms with van der Waals surface area (Å²) in [6.45, 7) is 0. The van der Waals surface area contributed by atoms with E-state index in [-0.39, 0.29) is 6.04 Å². The molecule has 0 bridgehead atoms. The largest absolute Gasteiger partial charge is 0.327 e. The summed E-state index contributed by atoms with van der Waals surface area (Å²) in [7, 11) is 1.96. The van der Waals surface area contributed by atoms with Crippen molar-refractivity contribution in [2.24, 2.45) is 18.7 Å². The molecule has 0 radical (unpaired) electrons. The van der Waals surface area contributed by atoms with Gasteiger partial charge in [0.15, 0.2) is 0 Å². The highest BCUT2D eigenvalue weighted by Gasteiger charge is 2.16. The lowest BCUT2D eigenvalue weighted by atomic mass is 9.91. The van der Waals surface area contributed by atoms with Crippen LogP contribution in [-0.4, -0.2) is 15.8 Å². The van der Waals surface area contributed by atoms with E-state index in [9.17, 15) is 0 Å². The third kappa shape index (κ3) is 4.15. The average Bonchev–Trinajstić information content (AvgIpc) is 2.53. The van der Waals surface area contributed by atoms with Crippen LogP contribution < -0.4 is 5.73 Å². The zero-order valence-electron chi connectivity index (χ0n) is 10.9. The third-order valence-electron chi connectivity index (χ3n) is 3.85. The number of nitrogens with zero attached hydrogens (tertiary/aromatic N) is 2. The second-order valence-corrected chi connectivity index (χ2v) is 5.54. The van der Waals surface area contributed by atoms with Crippen LogP contribution in [-0.2, 0) is 13.5 Å². The third-order valence-corrected chi connectivity index (χ3v) is 3.85. The second-order valence-electron chi connectivity index (χ2n) is 5.54. The number of nitrogens with two attached hydrogens (primary N) is 1. The maximum absolute atomic E-state index is 6.25. The Kier molecular flexibility index (Phi) is 4.60. The molecular formula is C14H25N3. The molecule has 3 heteroatoms. The molecule has 1 heterocycles. The highest BCUT2D eigenvalue weighted by atomic mass is 15.2. The van der Waals surface area contributed by atoms with Crippen LogP contribution >= 0.6 is 0 Å². The van der Waals surface area contributed by atoms with Crippen LogP contribution in [0.5, 0.6) is 0 Å². The van der Waals surface area contributed by atoms with Gasteiger partial charge in [0.1, 0.15) is 0 Å². The Balaban J connectivity index is 1.77. The molecule has 96 valence electrons. The fraction of sp³-hybridized carbons (Fsp3) is 0.786. The minimum absolute atomic E-state index is 0.285. The summed E-state index contributed by atoms with van der Waals surface area (Å²) >= 11 is 0. The van der Waals surface area contributed by atoms with E-state index >= 15 is 0 Å². The van der Waals surface area contributed by atoms with Crippen LogP contribution in [0.1, 0.15) is 50.6 Å². The van der Waals surface area contributed by atoms with Crippen LogP contribution in [0.4, 0.5) is 0 Å². The van der Waals surface area contributed by atoms with Crippen LogP contribution in [0.15, 0.2) is 12.3 Å². The van der Waals surface area contributed by atoms with Gasteiger partial charge < -0.3 is 5.73 Å². The molecule has 2 N–H and O–H groups in total. The van der Waals surface area contributed by atoms with Gasteiger partial charge >= 0.3 is 0 Å². The number of aromatic nitrogens is 2. The van der Waals surface area contributed by atoms with Crippen molar-refractivity contribution >= 4 is 0 Å². The Labute approximate surface area is 104 Å². The van der Waals surface area contributed by atoms with Gasteiger partial charge in [-0.2, -0.15) is 5.10 Å². The molecule has 17 heavy (non-hydrogen) atoms. The first-order chi connectivity index (χ1) is 8.24. The molecule has 1 aromatic heterocycles. The predicted molar refractivity (Wildman–Crippen MR) is 70.7 cm³/mol.